The van der Waals surface area contributed by atoms with E-state index in [4.69, 9.17) is 0 Å². The fraction of sp³-hybridized carbons (Fsp3) is 1.00. The Morgan fingerprint density at radius 1 is 0.520 bits per heavy atom. The molecule has 0 saturated heterocycles. The second-order valence-electron chi connectivity index (χ2n) is 9.08. The van der Waals surface area contributed by atoms with E-state index in [-0.39, 0.29) is 49.8 Å². The molecule has 0 aliphatic carbocycles. The van der Waals surface area contributed by atoms with Crippen molar-refractivity contribution in [3.63, 3.8) is 0 Å². The van der Waals surface area contributed by atoms with Crippen LogP contribution in [0.15, 0.2) is 0 Å². The normalized spacial score (nSPS) is 13.9. The fourth-order valence-electron chi connectivity index (χ4n) is 3.26. The van der Waals surface area contributed by atoms with Gasteiger partial charge < -0.3 is 34.0 Å². The van der Waals surface area contributed by atoms with Crippen LogP contribution in [0.25, 0.3) is 0 Å². The van der Waals surface area contributed by atoms with E-state index >= 15 is 0 Å². The summed E-state index contributed by atoms with van der Waals surface area (Å²) >= 11 is 0. The maximum atomic E-state index is 2.51. The largest absolute Gasteiger partial charge is 1.00 e. The van der Waals surface area contributed by atoms with Gasteiger partial charge in [0.15, 0.2) is 5.90 Å². The van der Waals surface area contributed by atoms with Gasteiger partial charge in [0.05, 0.1) is 23.6 Å². The first-order chi connectivity index (χ1) is 10.7. The summed E-state index contributed by atoms with van der Waals surface area (Å²) in [4.78, 5) is 0. The molecule has 0 saturated carbocycles. The third-order valence-electron chi connectivity index (χ3n) is 5.15. The summed E-state index contributed by atoms with van der Waals surface area (Å²) < 4.78 is 0. The molecule has 0 rings (SSSR count). The van der Waals surface area contributed by atoms with E-state index in [1.54, 1.807) is 18.2 Å². The zero-order valence-electron chi connectivity index (χ0n) is 18.4. The summed E-state index contributed by atoms with van der Waals surface area (Å²) in [6.45, 7) is 19.5. The Morgan fingerprint density at radius 2 is 0.840 bits per heavy atom. The topological polar surface area (TPSA) is 0 Å². The predicted molar refractivity (Wildman–Crippen MR) is 119 cm³/mol. The van der Waals surface area contributed by atoms with E-state index in [2.05, 4.69) is 55.4 Å². The molecule has 4 heteroatoms. The van der Waals surface area contributed by atoms with Gasteiger partial charge in [-0.15, -0.1) is 0 Å². The van der Waals surface area contributed by atoms with Crippen LogP contribution in [0.5, 0.6) is 0 Å². The van der Waals surface area contributed by atoms with Crippen LogP contribution in [0, 0.1) is 11.8 Å². The maximum Gasteiger partial charge on any atom is 0.155 e. The van der Waals surface area contributed by atoms with Crippen LogP contribution >= 0.6 is 15.8 Å². The number of halogens is 2. The molecular formula is C21H48Br2P2. The number of unbranched alkanes of at least 4 members (excludes halogenated alkanes) is 2. The third-order valence-corrected chi connectivity index (χ3v) is 14.0. The Bertz CT molecular complexity index is 243. The highest BCUT2D eigenvalue weighted by molar-refractivity contribution is 7.75. The van der Waals surface area contributed by atoms with Gasteiger partial charge in [-0.25, -0.2) is 0 Å². The molecule has 0 aromatic carbocycles. The van der Waals surface area contributed by atoms with Gasteiger partial charge in [0, 0.05) is 15.8 Å². The molecule has 0 fully saturated rings. The molecule has 0 radical (unpaired) electrons. The minimum absolute atomic E-state index is 0. The highest BCUT2D eigenvalue weighted by Crippen LogP contribution is 2.56. The molecular weight excluding hydrogens is 474 g/mol. The van der Waals surface area contributed by atoms with Crippen LogP contribution in [0.1, 0.15) is 93.9 Å². The van der Waals surface area contributed by atoms with Crippen LogP contribution in [0.4, 0.5) is 0 Å². The lowest BCUT2D eigenvalue weighted by molar-refractivity contribution is -0.001000. The van der Waals surface area contributed by atoms with Gasteiger partial charge >= 0.3 is 0 Å². The molecule has 0 heterocycles. The van der Waals surface area contributed by atoms with E-state index in [1.165, 1.54) is 38.5 Å². The Kier molecular flexibility index (Phi) is 24.1. The van der Waals surface area contributed by atoms with E-state index in [9.17, 15) is 0 Å². The highest BCUT2D eigenvalue weighted by Gasteiger charge is 2.31. The summed E-state index contributed by atoms with van der Waals surface area (Å²) in [5.74, 6) is 3.45. The van der Waals surface area contributed by atoms with Crippen molar-refractivity contribution in [2.45, 2.75) is 105 Å². The molecule has 0 spiro atoms. The average Bonchev–Trinajstić information content (AvgIpc) is 2.43. The van der Waals surface area contributed by atoms with Crippen molar-refractivity contribution < 1.29 is 34.0 Å². The quantitative estimate of drug-likeness (QED) is 0.242. The van der Waals surface area contributed by atoms with Crippen molar-refractivity contribution in [1.29, 1.82) is 0 Å². The fourth-order valence-corrected chi connectivity index (χ4v) is 12.8. The number of hydrogen-bond acceptors (Lipinski definition) is 0. The first-order valence-corrected chi connectivity index (χ1v) is 14.4. The second-order valence-corrected chi connectivity index (χ2v) is 16.4. The number of hydrogen-bond donors (Lipinski definition) is 0. The summed E-state index contributed by atoms with van der Waals surface area (Å²) in [6.07, 6.45) is 12.0. The van der Waals surface area contributed by atoms with E-state index in [0.29, 0.717) is 0 Å². The molecule has 0 aliphatic heterocycles. The van der Waals surface area contributed by atoms with Gasteiger partial charge in [0.25, 0.3) is 0 Å². The molecule has 0 nitrogen and oxygen atoms in total. The molecule has 0 amide bonds. The Labute approximate surface area is 184 Å². The van der Waals surface area contributed by atoms with Gasteiger partial charge in [-0.3, -0.25) is 0 Å². The van der Waals surface area contributed by atoms with Crippen LogP contribution in [-0.2, 0) is 0 Å². The van der Waals surface area contributed by atoms with E-state index in [1.807, 2.05) is 0 Å². The van der Waals surface area contributed by atoms with E-state index < -0.39 is 0 Å². The van der Waals surface area contributed by atoms with Gasteiger partial charge in [-0.1, -0.05) is 40.5 Å². The lowest BCUT2D eigenvalue weighted by atomic mass is 10.1. The van der Waals surface area contributed by atoms with Crippen molar-refractivity contribution in [2.75, 3.05) is 18.2 Å². The summed E-state index contributed by atoms with van der Waals surface area (Å²) in [5.41, 5.74) is 1.96. The SMILES string of the molecule is CC(C)CCCC[PH+](C[PH+](CCCCC(C)C)C(C)C)C(C)C.[Br-].[Br-]. The average molecular weight is 522 g/mol. The molecule has 25 heavy (non-hydrogen) atoms. The monoisotopic (exact) mass is 520 g/mol. The highest BCUT2D eigenvalue weighted by atomic mass is 79.9. The lowest BCUT2D eigenvalue weighted by Crippen LogP contribution is -3.00. The van der Waals surface area contributed by atoms with Crippen molar-refractivity contribution in [1.82, 2.24) is 0 Å². The first-order valence-electron chi connectivity index (χ1n) is 10.4. The summed E-state index contributed by atoms with van der Waals surface area (Å²) in [6, 6.07) is 0. The van der Waals surface area contributed by atoms with Crippen molar-refractivity contribution >= 4 is 15.8 Å². The standard InChI is InChI=1S/C21H46P2.2BrH/c1-18(2)13-9-11-15-22(20(5)6)17-23(21(7)8)16-12-10-14-19(3)4;;/h18-21H,9-17H2,1-8H3;2*1H. The Hall–Kier alpha value is 1.82. The van der Waals surface area contributed by atoms with Crippen molar-refractivity contribution in [3.8, 4) is 0 Å². The molecule has 156 valence electrons. The van der Waals surface area contributed by atoms with Gasteiger partial charge in [-0.2, -0.15) is 0 Å². The third kappa shape index (κ3) is 18.9. The first kappa shape index (κ1) is 31.5. The second kappa shape index (κ2) is 19.2. The molecule has 0 aliphatic rings. The summed E-state index contributed by atoms with van der Waals surface area (Å²) in [5, 5.41) is 0. The van der Waals surface area contributed by atoms with E-state index in [0.717, 1.165) is 23.2 Å². The lowest BCUT2D eigenvalue weighted by Gasteiger charge is -2.19. The van der Waals surface area contributed by atoms with Crippen LogP contribution < -0.4 is 34.0 Å². The predicted octanol–water partition coefficient (Wildman–Crippen LogP) is 1.85. The minimum atomic E-state index is -0.110. The van der Waals surface area contributed by atoms with Gasteiger partial charge in [0.2, 0.25) is 0 Å². The molecule has 0 aromatic heterocycles. The molecule has 2 atom stereocenters. The smallest absolute Gasteiger partial charge is 0.155 e. The van der Waals surface area contributed by atoms with Crippen LogP contribution in [0.2, 0.25) is 0 Å². The zero-order chi connectivity index (χ0) is 17.8. The number of rotatable bonds is 14. The van der Waals surface area contributed by atoms with Crippen molar-refractivity contribution in [3.05, 3.63) is 0 Å². The van der Waals surface area contributed by atoms with Gasteiger partial charge in [-0.05, 0) is 65.2 Å². The van der Waals surface area contributed by atoms with Crippen LogP contribution in [0.3, 0.4) is 0 Å². The molecule has 0 N–H and O–H groups in total. The Morgan fingerprint density at radius 3 is 1.08 bits per heavy atom. The maximum absolute atomic E-state index is 2.51. The molecule has 0 aromatic rings. The Balaban J connectivity index is -0.00000242. The summed E-state index contributed by atoms with van der Waals surface area (Å²) in [7, 11) is -0.220. The zero-order valence-corrected chi connectivity index (χ0v) is 23.6. The minimum Gasteiger partial charge on any atom is -1.00 e. The van der Waals surface area contributed by atoms with Crippen LogP contribution in [-0.4, -0.2) is 29.5 Å². The molecule has 2 unspecified atom stereocenters. The van der Waals surface area contributed by atoms with Gasteiger partial charge in [0.1, 0.15) is 0 Å². The van der Waals surface area contributed by atoms with Crippen molar-refractivity contribution in [2.24, 2.45) is 11.8 Å². The molecule has 0 bridgehead atoms.